The third kappa shape index (κ3) is 7.69. The standard InChI is InChI=1S/C28H30N4O3PS.C2H6S.Nb/c1-8-30-11-17-18-12-34-13-19(18)21(24(36)20(17)14(2)3)23-22-16(9-29)26(32-27(33)35-28(5,6)7)37-25(22)15(4)10-31-23;1-2-3;/h10-11H,12-13,36H2,1-7H3,(H,32,33);3H,2H2,1H3;/q-1;;+2/p-1/b17-11-;;. The molecular weight excluding hydrogens is 652 g/mol. The molecule has 0 saturated heterocycles. The van der Waals surface area contributed by atoms with Gasteiger partial charge in [0.15, 0.2) is 0 Å². The number of pyridine rings is 1. The summed E-state index contributed by atoms with van der Waals surface area (Å²) in [6, 6.07) is 2.32. The van der Waals surface area contributed by atoms with E-state index in [9.17, 15) is 10.1 Å². The minimum atomic E-state index is -0.658. The summed E-state index contributed by atoms with van der Waals surface area (Å²) in [6.07, 6.45) is 5.89. The summed E-state index contributed by atoms with van der Waals surface area (Å²) in [7, 11) is 2.88. The molecule has 215 valence electrons. The van der Waals surface area contributed by atoms with E-state index < -0.39 is 11.7 Å². The van der Waals surface area contributed by atoms with E-state index in [1.807, 2.05) is 26.2 Å². The molecule has 1 aliphatic heterocycles. The van der Waals surface area contributed by atoms with Gasteiger partial charge in [-0.15, -0.1) is 33.7 Å². The van der Waals surface area contributed by atoms with Crippen molar-refractivity contribution < 1.29 is 36.6 Å². The number of nitrogens with one attached hydrogen (secondary N) is 1. The number of amides is 1. The molecule has 1 aliphatic rings. The van der Waals surface area contributed by atoms with E-state index in [1.165, 1.54) is 11.3 Å². The topological polar surface area (TPSA) is 96.6 Å². The van der Waals surface area contributed by atoms with Gasteiger partial charge in [-0.1, -0.05) is 17.7 Å². The Bertz CT molecular complexity index is 1650. The van der Waals surface area contributed by atoms with Crippen LogP contribution in [0.25, 0.3) is 33.1 Å². The van der Waals surface area contributed by atoms with Crippen molar-refractivity contribution in [3.63, 3.8) is 0 Å². The average molecular weight is 688 g/mol. The quantitative estimate of drug-likeness (QED) is 0.129. The van der Waals surface area contributed by atoms with Crippen molar-refractivity contribution in [2.45, 2.75) is 74.2 Å². The SMILES string of the molecule is CC[S-].C[C-]=N/C=c1/c2c(c(-c3ncc(C)c4sc(NC(=O)OC(C)(C)C)c(C#N)c34)c(P)c1=C(C)C)COC2.[Nb+2]. The molecule has 4 rings (SSSR count). The second kappa shape index (κ2) is 14.9. The molecule has 1 N–H and O–H groups in total. The zero-order valence-electron chi connectivity index (χ0n) is 24.7. The van der Waals surface area contributed by atoms with E-state index in [0.717, 1.165) is 54.0 Å². The molecule has 1 atom stereocenters. The number of fused-ring (bicyclic) bond motifs is 2. The summed E-state index contributed by atoms with van der Waals surface area (Å²) in [5.74, 6) is 0.833. The van der Waals surface area contributed by atoms with Crippen molar-refractivity contribution in [1.82, 2.24) is 4.98 Å². The zero-order chi connectivity index (χ0) is 29.8. The molecule has 1 radical (unpaired) electrons. The molecule has 7 nitrogen and oxygen atoms in total. The zero-order valence-corrected chi connectivity index (χ0v) is 29.7. The van der Waals surface area contributed by atoms with E-state index >= 15 is 0 Å². The van der Waals surface area contributed by atoms with Crippen LogP contribution in [0.5, 0.6) is 0 Å². The molecule has 0 spiro atoms. The molecule has 3 aromatic rings. The molecule has 0 aliphatic carbocycles. The minimum absolute atomic E-state index is 0. The van der Waals surface area contributed by atoms with Crippen LogP contribution < -0.4 is 21.1 Å². The van der Waals surface area contributed by atoms with Gasteiger partial charge in [-0.05, 0) is 68.8 Å². The first-order chi connectivity index (χ1) is 18.9. The average Bonchev–Trinajstić information content (AvgIpc) is 3.47. The van der Waals surface area contributed by atoms with Crippen LogP contribution in [0.1, 0.15) is 70.7 Å². The van der Waals surface area contributed by atoms with E-state index in [-0.39, 0.29) is 22.4 Å². The Labute approximate surface area is 269 Å². The van der Waals surface area contributed by atoms with Gasteiger partial charge in [-0.3, -0.25) is 10.3 Å². The van der Waals surface area contributed by atoms with Crippen LogP contribution in [-0.4, -0.2) is 28.6 Å². The second-order valence-electron chi connectivity index (χ2n) is 10.3. The Hall–Kier alpha value is -2.02. The number of aromatic nitrogens is 1. The number of benzene rings is 1. The summed E-state index contributed by atoms with van der Waals surface area (Å²) < 4.78 is 12.3. The van der Waals surface area contributed by atoms with E-state index in [0.29, 0.717) is 34.9 Å². The number of thiophene rings is 1. The second-order valence-corrected chi connectivity index (χ2v) is 12.5. The largest absolute Gasteiger partial charge is 2.00 e. The first-order valence-corrected chi connectivity index (χ1v) is 14.8. The van der Waals surface area contributed by atoms with Crippen LogP contribution in [0.3, 0.4) is 0 Å². The normalized spacial score (nSPS) is 12.9. The number of rotatable bonds is 3. The molecular formula is C30H35N4NbO3PS2. The number of nitriles is 1. The van der Waals surface area contributed by atoms with Crippen LogP contribution in [0, 0.1) is 18.3 Å². The molecule has 41 heavy (non-hydrogen) atoms. The monoisotopic (exact) mass is 687 g/mol. The van der Waals surface area contributed by atoms with E-state index in [2.05, 4.69) is 58.3 Å². The molecule has 11 heteroatoms. The van der Waals surface area contributed by atoms with Crippen LogP contribution >= 0.6 is 20.6 Å². The number of carbonyl (C=O) groups excluding carboxylic acids is 1. The van der Waals surface area contributed by atoms with Crippen molar-refractivity contribution >= 4 is 77.7 Å². The summed E-state index contributed by atoms with van der Waals surface area (Å²) in [5.41, 5.74) is 5.47. The Kier molecular flexibility index (Phi) is 12.8. The van der Waals surface area contributed by atoms with Crippen molar-refractivity contribution in [3.8, 4) is 17.3 Å². The molecule has 0 fully saturated rings. The Morgan fingerprint density at radius 3 is 2.56 bits per heavy atom. The van der Waals surface area contributed by atoms with Gasteiger partial charge < -0.3 is 27.1 Å². The molecule has 3 heterocycles. The van der Waals surface area contributed by atoms with Crippen molar-refractivity contribution in [3.05, 3.63) is 38.9 Å². The maximum absolute atomic E-state index is 12.6. The number of nitrogens with zero attached hydrogens (tertiary/aromatic N) is 3. The molecule has 0 saturated carbocycles. The van der Waals surface area contributed by atoms with Gasteiger partial charge in [-0.2, -0.15) is 17.2 Å². The molecule has 1 amide bonds. The fourth-order valence-corrected chi connectivity index (χ4v) is 6.41. The van der Waals surface area contributed by atoms with Gasteiger partial charge in [0.1, 0.15) is 16.7 Å². The number of ether oxygens (including phenoxy) is 2. The first kappa shape index (κ1) is 35.2. The summed E-state index contributed by atoms with van der Waals surface area (Å²) in [5, 5.41) is 17.2. The number of aryl methyl sites for hydroxylation is 1. The minimum Gasteiger partial charge on any atom is -0.793 e. The molecule has 0 bridgehead atoms. The molecule has 2 aromatic heterocycles. The van der Waals surface area contributed by atoms with E-state index in [1.54, 1.807) is 27.7 Å². The fourth-order valence-electron chi connectivity index (χ4n) is 4.56. The Morgan fingerprint density at radius 1 is 1.37 bits per heavy atom. The predicted octanol–water partition coefficient (Wildman–Crippen LogP) is 5.47. The maximum Gasteiger partial charge on any atom is 2.00 e. The van der Waals surface area contributed by atoms with Crippen molar-refractivity contribution in [2.24, 2.45) is 4.99 Å². The first-order valence-electron chi connectivity index (χ1n) is 12.9. The Morgan fingerprint density at radius 2 is 2.00 bits per heavy atom. The van der Waals surface area contributed by atoms with Gasteiger partial charge in [0, 0.05) is 21.8 Å². The van der Waals surface area contributed by atoms with Gasteiger partial charge in [0.25, 0.3) is 0 Å². The third-order valence-corrected chi connectivity index (χ3v) is 7.79. The number of anilines is 1. The van der Waals surface area contributed by atoms with Gasteiger partial charge in [0.05, 0.1) is 24.5 Å². The van der Waals surface area contributed by atoms with Gasteiger partial charge in [-0.25, -0.2) is 4.79 Å². The number of hydrogen-bond acceptors (Lipinski definition) is 8. The predicted molar refractivity (Wildman–Crippen MR) is 172 cm³/mol. The number of carbonyl (C=O) groups is 1. The summed E-state index contributed by atoms with van der Waals surface area (Å²) in [6.45, 7) is 16.1. The Balaban J connectivity index is 0.00000141. The molecule has 1 aromatic carbocycles. The van der Waals surface area contributed by atoms with Gasteiger partial charge >= 0.3 is 28.5 Å². The van der Waals surface area contributed by atoms with Crippen LogP contribution in [0.15, 0.2) is 11.2 Å². The van der Waals surface area contributed by atoms with Crippen LogP contribution in [0.2, 0.25) is 0 Å². The van der Waals surface area contributed by atoms with Crippen LogP contribution in [0.4, 0.5) is 9.80 Å². The molecule has 1 unspecified atom stereocenters. The van der Waals surface area contributed by atoms with Crippen molar-refractivity contribution in [2.75, 3.05) is 11.1 Å². The van der Waals surface area contributed by atoms with Gasteiger partial charge in [0.2, 0.25) is 0 Å². The van der Waals surface area contributed by atoms with Crippen LogP contribution in [-0.2, 0) is 57.7 Å². The maximum atomic E-state index is 12.6. The summed E-state index contributed by atoms with van der Waals surface area (Å²) >= 11 is 5.75. The van der Waals surface area contributed by atoms with E-state index in [4.69, 9.17) is 14.5 Å². The fraction of sp³-hybridized carbons (Fsp3) is 0.400. The smallest absolute Gasteiger partial charge is 0.793 e. The van der Waals surface area contributed by atoms with Crippen molar-refractivity contribution in [1.29, 1.82) is 5.26 Å². The number of aliphatic imine (C=N–C) groups is 1. The third-order valence-electron chi connectivity index (χ3n) is 5.97. The number of hydrogen-bond donors (Lipinski definition) is 1. The summed E-state index contributed by atoms with van der Waals surface area (Å²) in [4.78, 5) is 21.7.